The van der Waals surface area contributed by atoms with E-state index in [1.807, 2.05) is 10.8 Å². The Balaban J connectivity index is 2.58. The van der Waals surface area contributed by atoms with Crippen LogP contribution in [0.3, 0.4) is 0 Å². The van der Waals surface area contributed by atoms with Crippen molar-refractivity contribution in [3.05, 3.63) is 53.7 Å². The molecule has 1 aromatic rings. The molecular weight excluding hydrogens is 518 g/mol. The maximum absolute atomic E-state index is 13.1. The molecule has 0 saturated heterocycles. The monoisotopic (exact) mass is 571 g/mol. The van der Waals surface area contributed by atoms with E-state index in [1.54, 1.807) is 17.4 Å². The lowest BCUT2D eigenvalue weighted by molar-refractivity contribution is -0.141. The van der Waals surface area contributed by atoms with Gasteiger partial charge in [-0.25, -0.2) is 4.98 Å². The normalized spacial score (nSPS) is 11.8. The lowest BCUT2D eigenvalue weighted by Crippen LogP contribution is -2.48. The van der Waals surface area contributed by atoms with E-state index >= 15 is 0 Å². The first-order valence-electron chi connectivity index (χ1n) is 14.8. The molecule has 0 saturated carbocycles. The number of carbonyl (C=O) groups is 3. The van der Waals surface area contributed by atoms with Crippen LogP contribution in [-0.2, 0) is 20.9 Å². The number of nitrogens with zero attached hydrogens (tertiary/aromatic N) is 4. The number of hydrogen-bond donors (Lipinski definition) is 3. The number of imidazole rings is 1. The summed E-state index contributed by atoms with van der Waals surface area (Å²) in [6.45, 7) is 10.9. The van der Waals surface area contributed by atoms with Crippen LogP contribution in [0, 0.1) is 0 Å². The van der Waals surface area contributed by atoms with Crippen molar-refractivity contribution in [2.24, 2.45) is 11.5 Å². The second-order valence-electron chi connectivity index (χ2n) is 10.8. The summed E-state index contributed by atoms with van der Waals surface area (Å²) in [5, 5.41) is 3.19. The van der Waals surface area contributed by atoms with E-state index in [0.29, 0.717) is 45.6 Å². The van der Waals surface area contributed by atoms with E-state index in [-0.39, 0.29) is 31.4 Å². The van der Waals surface area contributed by atoms with Crippen LogP contribution in [0.5, 0.6) is 0 Å². The van der Waals surface area contributed by atoms with Gasteiger partial charge < -0.3 is 31.2 Å². The van der Waals surface area contributed by atoms with Crippen molar-refractivity contribution in [1.29, 1.82) is 0 Å². The first-order valence-corrected chi connectivity index (χ1v) is 14.8. The number of rotatable bonds is 22. The van der Waals surface area contributed by atoms with Crippen LogP contribution in [0.1, 0.15) is 72.6 Å². The molecule has 41 heavy (non-hydrogen) atoms. The number of aryl methyl sites for hydroxylation is 1. The molecule has 0 radical (unpaired) electrons. The molecule has 0 fully saturated rings. The number of hydrogen-bond acceptors (Lipinski definition) is 6. The zero-order valence-corrected chi connectivity index (χ0v) is 25.7. The second-order valence-corrected chi connectivity index (χ2v) is 10.8. The number of aromatic nitrogens is 2. The molecule has 0 aliphatic rings. The third-order valence-electron chi connectivity index (χ3n) is 6.66. The van der Waals surface area contributed by atoms with Crippen molar-refractivity contribution in [2.75, 3.05) is 45.8 Å². The highest BCUT2D eigenvalue weighted by Crippen LogP contribution is 2.11. The maximum Gasteiger partial charge on any atom is 0.242 e. The summed E-state index contributed by atoms with van der Waals surface area (Å²) >= 11 is 0. The van der Waals surface area contributed by atoms with Gasteiger partial charge in [-0.1, -0.05) is 34.9 Å². The quantitative estimate of drug-likeness (QED) is 0.144. The molecule has 0 atom stereocenters. The van der Waals surface area contributed by atoms with Crippen molar-refractivity contribution in [3.63, 3.8) is 0 Å². The Hall–Kier alpha value is -3.24. The Kier molecular flexibility index (Phi) is 18.8. The Morgan fingerprint density at radius 1 is 0.878 bits per heavy atom. The summed E-state index contributed by atoms with van der Waals surface area (Å²) < 4.78 is 1.91. The highest BCUT2D eigenvalue weighted by atomic mass is 16.2. The van der Waals surface area contributed by atoms with Crippen molar-refractivity contribution >= 4 is 17.7 Å². The van der Waals surface area contributed by atoms with Gasteiger partial charge in [-0.05, 0) is 79.2 Å². The van der Waals surface area contributed by atoms with Crippen molar-refractivity contribution in [1.82, 2.24) is 24.7 Å². The van der Waals surface area contributed by atoms with Crippen molar-refractivity contribution in [2.45, 2.75) is 79.2 Å². The smallest absolute Gasteiger partial charge is 0.242 e. The summed E-state index contributed by atoms with van der Waals surface area (Å²) in [7, 11) is 0. The molecular formula is C31H53N7O3. The molecule has 0 unspecified atom stereocenters. The molecule has 10 heteroatoms. The molecule has 1 rings (SSSR count). The van der Waals surface area contributed by atoms with Crippen LogP contribution in [0.25, 0.3) is 0 Å². The number of carbonyl (C=O) groups excluding carboxylic acids is 3. The Morgan fingerprint density at radius 3 is 2.17 bits per heavy atom. The van der Waals surface area contributed by atoms with Crippen LogP contribution in [0.4, 0.5) is 0 Å². The number of nitrogens with one attached hydrogen (secondary N) is 1. The van der Waals surface area contributed by atoms with Gasteiger partial charge in [-0.2, -0.15) is 0 Å². The molecule has 0 spiro atoms. The highest BCUT2D eigenvalue weighted by Gasteiger charge is 2.22. The highest BCUT2D eigenvalue weighted by molar-refractivity contribution is 5.88. The maximum atomic E-state index is 13.1. The van der Waals surface area contributed by atoms with E-state index in [2.05, 4.69) is 56.2 Å². The van der Waals surface area contributed by atoms with E-state index in [0.717, 1.165) is 32.1 Å². The average molecular weight is 572 g/mol. The molecule has 0 bridgehead atoms. The van der Waals surface area contributed by atoms with Crippen LogP contribution in [0.2, 0.25) is 0 Å². The largest absolute Gasteiger partial charge is 0.368 e. The molecule has 1 aromatic heterocycles. The van der Waals surface area contributed by atoms with Gasteiger partial charge >= 0.3 is 0 Å². The number of unbranched alkanes of at least 4 members (excludes halogenated alkanes) is 1. The third-order valence-corrected chi connectivity index (χ3v) is 6.66. The molecule has 3 amide bonds. The zero-order chi connectivity index (χ0) is 30.5. The van der Waals surface area contributed by atoms with E-state index < -0.39 is 5.91 Å². The Morgan fingerprint density at radius 2 is 1.54 bits per heavy atom. The zero-order valence-electron chi connectivity index (χ0n) is 25.7. The summed E-state index contributed by atoms with van der Waals surface area (Å²) in [5.41, 5.74) is 15.1. The van der Waals surface area contributed by atoms with E-state index in [4.69, 9.17) is 11.5 Å². The fraction of sp³-hybridized carbons (Fsp3) is 0.613. The predicted octanol–water partition coefficient (Wildman–Crippen LogP) is 3.16. The van der Waals surface area contributed by atoms with Gasteiger partial charge in [0.1, 0.15) is 0 Å². The standard InChI is InChI=1S/C31H53N7O3/c1-26(2)10-7-11-27(3)12-8-13-28(4)14-16-34-22-30(40)38(19-6-5-15-32)24-31(41)37(23-29(33)39)20-9-18-36-21-17-35-25-36/h10,12,14,17,21,25,34H,5-9,11,13,15-16,18-20,22-24,32H2,1-4H3,(H2,33,39)/b27-12+,28-14+. The number of amides is 3. The Labute approximate surface area is 246 Å². The minimum Gasteiger partial charge on any atom is -0.368 e. The van der Waals surface area contributed by atoms with Gasteiger partial charge in [0.2, 0.25) is 17.7 Å². The predicted molar refractivity (Wildman–Crippen MR) is 166 cm³/mol. The average Bonchev–Trinajstić information content (AvgIpc) is 3.43. The minimum absolute atomic E-state index is 0.0996. The van der Waals surface area contributed by atoms with Crippen molar-refractivity contribution in [3.8, 4) is 0 Å². The van der Waals surface area contributed by atoms with Gasteiger partial charge in [0.15, 0.2) is 0 Å². The number of allylic oxidation sites excluding steroid dienone is 5. The summed E-state index contributed by atoms with van der Waals surface area (Å²) in [6.07, 6.45) is 18.2. The van der Waals surface area contributed by atoms with Crippen LogP contribution in [0.15, 0.2) is 53.7 Å². The van der Waals surface area contributed by atoms with E-state index in [1.165, 1.54) is 21.6 Å². The van der Waals surface area contributed by atoms with Gasteiger partial charge in [-0.3, -0.25) is 14.4 Å². The van der Waals surface area contributed by atoms with Gasteiger partial charge in [0.05, 0.1) is 26.0 Å². The fourth-order valence-corrected chi connectivity index (χ4v) is 4.22. The molecule has 230 valence electrons. The molecule has 0 aliphatic carbocycles. The topological polar surface area (TPSA) is 140 Å². The number of primary amides is 1. The fourth-order valence-electron chi connectivity index (χ4n) is 4.22. The molecule has 1 heterocycles. The van der Waals surface area contributed by atoms with Crippen molar-refractivity contribution < 1.29 is 14.4 Å². The SMILES string of the molecule is CC(C)=CCC/C(C)=C/CC/C(C)=C/CNCC(=O)N(CCCCN)CC(=O)N(CCCn1ccnc1)CC(N)=O. The third kappa shape index (κ3) is 17.9. The number of nitrogens with two attached hydrogens (primary N) is 2. The Bertz CT molecular complexity index is 995. The minimum atomic E-state index is -0.583. The summed E-state index contributed by atoms with van der Waals surface area (Å²) in [5.74, 6) is -1.04. The molecule has 0 aliphatic heterocycles. The van der Waals surface area contributed by atoms with Crippen LogP contribution >= 0.6 is 0 Å². The molecule has 5 N–H and O–H groups in total. The molecule has 10 nitrogen and oxygen atoms in total. The second kappa shape index (κ2) is 21.5. The summed E-state index contributed by atoms with van der Waals surface area (Å²) in [4.78, 5) is 44.8. The lowest BCUT2D eigenvalue weighted by Gasteiger charge is -2.27. The van der Waals surface area contributed by atoms with Gasteiger partial charge in [-0.15, -0.1) is 0 Å². The molecule has 0 aromatic carbocycles. The van der Waals surface area contributed by atoms with Gasteiger partial charge in [0.25, 0.3) is 0 Å². The first kappa shape index (κ1) is 35.8. The van der Waals surface area contributed by atoms with Gasteiger partial charge in [0, 0.05) is 38.6 Å². The summed E-state index contributed by atoms with van der Waals surface area (Å²) in [6, 6.07) is 0. The first-order chi connectivity index (χ1) is 19.6. The van der Waals surface area contributed by atoms with Crippen LogP contribution < -0.4 is 16.8 Å². The lowest BCUT2D eigenvalue weighted by atomic mass is 10.1. The van der Waals surface area contributed by atoms with Crippen LogP contribution in [-0.4, -0.2) is 82.9 Å². The van der Waals surface area contributed by atoms with E-state index in [9.17, 15) is 14.4 Å².